The van der Waals surface area contributed by atoms with Gasteiger partial charge in [0.2, 0.25) is 10.0 Å². The zero-order valence-electron chi connectivity index (χ0n) is 11.2. The Morgan fingerprint density at radius 2 is 2.24 bits per heavy atom. The zero-order valence-corrected chi connectivity index (χ0v) is 12.0. The SMILES string of the molecule is NCC#Cc1cncc(S(=O)(=O)NCCn2cccn2)c1. The second-order valence-corrected chi connectivity index (χ2v) is 5.85. The predicted octanol–water partition coefficient (Wildman–Crippen LogP) is -0.433. The number of aromatic nitrogens is 3. The van der Waals surface area contributed by atoms with E-state index in [2.05, 4.69) is 26.6 Å². The van der Waals surface area contributed by atoms with Crippen LogP contribution in [0.1, 0.15) is 5.56 Å². The average molecular weight is 305 g/mol. The molecule has 0 aliphatic carbocycles. The van der Waals surface area contributed by atoms with E-state index in [9.17, 15) is 8.42 Å². The predicted molar refractivity (Wildman–Crippen MR) is 77.6 cm³/mol. The monoisotopic (exact) mass is 305 g/mol. The molecule has 2 heterocycles. The topological polar surface area (TPSA) is 103 Å². The van der Waals surface area contributed by atoms with Gasteiger partial charge in [0.05, 0.1) is 13.1 Å². The van der Waals surface area contributed by atoms with Crippen LogP contribution >= 0.6 is 0 Å². The minimum absolute atomic E-state index is 0.0757. The standard InChI is InChI=1S/C13H15N5O2S/c14-4-1-3-12-9-13(11-15-10-12)21(19,20)17-6-8-18-7-2-5-16-18/h2,5,7,9-11,17H,4,6,8,14H2. The quantitative estimate of drug-likeness (QED) is 0.729. The van der Waals surface area contributed by atoms with Crippen LogP contribution in [0.5, 0.6) is 0 Å². The summed E-state index contributed by atoms with van der Waals surface area (Å²) in [6, 6.07) is 3.24. The Morgan fingerprint density at radius 1 is 1.38 bits per heavy atom. The van der Waals surface area contributed by atoms with E-state index in [1.165, 1.54) is 18.5 Å². The molecule has 0 amide bonds. The van der Waals surface area contributed by atoms with Crippen LogP contribution in [0, 0.1) is 11.8 Å². The first-order valence-corrected chi connectivity index (χ1v) is 7.71. The smallest absolute Gasteiger partial charge is 0.242 e. The molecule has 21 heavy (non-hydrogen) atoms. The normalized spacial score (nSPS) is 10.9. The number of nitrogens with two attached hydrogens (primary N) is 1. The van der Waals surface area contributed by atoms with E-state index in [0.717, 1.165) is 0 Å². The molecule has 0 spiro atoms. The van der Waals surface area contributed by atoms with E-state index >= 15 is 0 Å². The second kappa shape index (κ2) is 6.99. The van der Waals surface area contributed by atoms with E-state index in [1.807, 2.05) is 0 Å². The molecule has 3 N–H and O–H groups in total. The molecule has 0 saturated heterocycles. The number of nitrogens with zero attached hydrogens (tertiary/aromatic N) is 3. The van der Waals surface area contributed by atoms with Gasteiger partial charge in [0.15, 0.2) is 0 Å². The van der Waals surface area contributed by atoms with Gasteiger partial charge < -0.3 is 5.73 Å². The van der Waals surface area contributed by atoms with Crippen LogP contribution in [0.2, 0.25) is 0 Å². The van der Waals surface area contributed by atoms with Crippen LogP contribution in [-0.4, -0.2) is 36.3 Å². The third-order valence-corrected chi connectivity index (χ3v) is 3.98. The van der Waals surface area contributed by atoms with Crippen molar-refractivity contribution in [3.63, 3.8) is 0 Å². The first kappa shape index (κ1) is 15.2. The minimum atomic E-state index is -3.61. The largest absolute Gasteiger partial charge is 0.320 e. The van der Waals surface area contributed by atoms with Crippen molar-refractivity contribution in [2.24, 2.45) is 5.73 Å². The summed E-state index contributed by atoms with van der Waals surface area (Å²) in [5.41, 5.74) is 5.79. The van der Waals surface area contributed by atoms with Gasteiger partial charge in [-0.2, -0.15) is 5.10 Å². The molecule has 0 atom stereocenters. The Morgan fingerprint density at radius 3 is 2.95 bits per heavy atom. The fourth-order valence-corrected chi connectivity index (χ4v) is 2.61. The molecule has 110 valence electrons. The molecule has 0 bridgehead atoms. The van der Waals surface area contributed by atoms with E-state index in [1.54, 1.807) is 23.1 Å². The molecule has 0 unspecified atom stereocenters. The molecule has 0 aliphatic rings. The van der Waals surface area contributed by atoms with E-state index in [4.69, 9.17) is 5.73 Å². The lowest BCUT2D eigenvalue weighted by Gasteiger charge is -2.06. The van der Waals surface area contributed by atoms with Gasteiger partial charge in [0, 0.05) is 36.9 Å². The lowest BCUT2D eigenvalue weighted by atomic mass is 10.3. The van der Waals surface area contributed by atoms with Crippen LogP contribution in [0.4, 0.5) is 0 Å². The van der Waals surface area contributed by atoms with Crippen LogP contribution < -0.4 is 10.5 Å². The van der Waals surface area contributed by atoms with E-state index < -0.39 is 10.0 Å². The van der Waals surface area contributed by atoms with Crippen molar-refractivity contribution in [1.82, 2.24) is 19.5 Å². The first-order chi connectivity index (χ1) is 10.1. The van der Waals surface area contributed by atoms with Crippen molar-refractivity contribution in [2.75, 3.05) is 13.1 Å². The number of hydrogen-bond acceptors (Lipinski definition) is 5. The third kappa shape index (κ3) is 4.39. The van der Waals surface area contributed by atoms with Crippen molar-refractivity contribution in [3.8, 4) is 11.8 Å². The number of pyridine rings is 1. The summed E-state index contributed by atoms with van der Waals surface area (Å²) in [4.78, 5) is 3.96. The molecular formula is C13H15N5O2S. The van der Waals surface area contributed by atoms with Gasteiger partial charge in [-0.15, -0.1) is 0 Å². The highest BCUT2D eigenvalue weighted by Gasteiger charge is 2.14. The van der Waals surface area contributed by atoms with Crippen molar-refractivity contribution >= 4 is 10.0 Å². The van der Waals surface area contributed by atoms with Crippen LogP contribution in [-0.2, 0) is 16.6 Å². The van der Waals surface area contributed by atoms with Crippen molar-refractivity contribution in [2.45, 2.75) is 11.4 Å². The van der Waals surface area contributed by atoms with Crippen LogP contribution in [0.25, 0.3) is 0 Å². The number of rotatable bonds is 5. The second-order valence-electron chi connectivity index (χ2n) is 4.08. The average Bonchev–Trinajstić information content (AvgIpc) is 2.98. The minimum Gasteiger partial charge on any atom is -0.320 e. The molecule has 0 aliphatic heterocycles. The molecular weight excluding hydrogens is 290 g/mol. The molecule has 0 saturated carbocycles. The highest BCUT2D eigenvalue weighted by atomic mass is 32.2. The third-order valence-electron chi connectivity index (χ3n) is 2.55. The summed E-state index contributed by atoms with van der Waals surface area (Å²) in [5, 5.41) is 4.00. The van der Waals surface area contributed by atoms with Crippen LogP contribution in [0.15, 0.2) is 41.8 Å². The van der Waals surface area contributed by atoms with Gasteiger partial charge in [-0.3, -0.25) is 9.67 Å². The van der Waals surface area contributed by atoms with Crippen molar-refractivity contribution in [3.05, 3.63) is 42.5 Å². The summed E-state index contributed by atoms with van der Waals surface area (Å²) in [5.74, 6) is 5.41. The van der Waals surface area contributed by atoms with Gasteiger partial charge in [0.1, 0.15) is 4.90 Å². The first-order valence-electron chi connectivity index (χ1n) is 6.23. The molecule has 7 nitrogen and oxygen atoms in total. The fourth-order valence-electron chi connectivity index (χ4n) is 1.60. The Kier molecular flexibility index (Phi) is 5.05. The lowest BCUT2D eigenvalue weighted by molar-refractivity contribution is 0.560. The molecule has 2 rings (SSSR count). The fraction of sp³-hybridized carbons (Fsp3) is 0.231. The Balaban J connectivity index is 2.04. The van der Waals surface area contributed by atoms with Crippen LogP contribution in [0.3, 0.4) is 0 Å². The van der Waals surface area contributed by atoms with E-state index in [0.29, 0.717) is 12.1 Å². The van der Waals surface area contributed by atoms with Gasteiger partial charge in [-0.25, -0.2) is 13.1 Å². The summed E-state index contributed by atoms with van der Waals surface area (Å²) >= 11 is 0. The number of sulfonamides is 1. The van der Waals surface area contributed by atoms with Gasteiger partial charge in [-0.1, -0.05) is 11.8 Å². The van der Waals surface area contributed by atoms with Crippen molar-refractivity contribution < 1.29 is 8.42 Å². The summed E-state index contributed by atoms with van der Waals surface area (Å²) < 4.78 is 28.4. The summed E-state index contributed by atoms with van der Waals surface area (Å²) in [6.07, 6.45) is 6.17. The summed E-state index contributed by atoms with van der Waals surface area (Å²) in [7, 11) is -3.61. The van der Waals surface area contributed by atoms with Crippen molar-refractivity contribution in [1.29, 1.82) is 0 Å². The maximum Gasteiger partial charge on any atom is 0.242 e. The maximum atomic E-state index is 12.1. The number of nitrogens with one attached hydrogen (secondary N) is 1. The maximum absolute atomic E-state index is 12.1. The Hall–Kier alpha value is -2.21. The summed E-state index contributed by atoms with van der Waals surface area (Å²) in [6.45, 7) is 0.897. The van der Waals surface area contributed by atoms with Gasteiger partial charge >= 0.3 is 0 Å². The Labute approximate surface area is 123 Å². The number of hydrogen-bond donors (Lipinski definition) is 2. The van der Waals surface area contributed by atoms with E-state index in [-0.39, 0.29) is 18.0 Å². The zero-order chi connectivity index (χ0) is 15.1. The molecule has 2 aromatic rings. The molecule has 8 heteroatoms. The highest BCUT2D eigenvalue weighted by molar-refractivity contribution is 7.89. The highest BCUT2D eigenvalue weighted by Crippen LogP contribution is 2.08. The molecule has 2 aromatic heterocycles. The molecule has 0 fully saturated rings. The Bertz CT molecular complexity index is 744. The lowest BCUT2D eigenvalue weighted by Crippen LogP contribution is -2.27. The van der Waals surface area contributed by atoms with Gasteiger partial charge in [0.25, 0.3) is 0 Å². The molecule has 0 radical (unpaired) electrons. The van der Waals surface area contributed by atoms with Gasteiger partial charge in [-0.05, 0) is 12.1 Å². The molecule has 0 aromatic carbocycles.